The summed E-state index contributed by atoms with van der Waals surface area (Å²) in [5.41, 5.74) is -2.31. The van der Waals surface area contributed by atoms with E-state index in [4.69, 9.17) is 4.74 Å². The van der Waals surface area contributed by atoms with Gasteiger partial charge in [0.15, 0.2) is 0 Å². The van der Waals surface area contributed by atoms with Crippen molar-refractivity contribution in [3.63, 3.8) is 0 Å². The first-order chi connectivity index (χ1) is 11.3. The first-order valence-electron chi connectivity index (χ1n) is 7.23. The second kappa shape index (κ2) is 7.46. The fourth-order valence-corrected chi connectivity index (χ4v) is 2.15. The topological polar surface area (TPSA) is 51.2 Å². The predicted octanol–water partition coefficient (Wildman–Crippen LogP) is 5.31. The van der Waals surface area contributed by atoms with Crippen molar-refractivity contribution in [3.8, 4) is 0 Å². The van der Waals surface area contributed by atoms with Crippen LogP contribution >= 0.6 is 0 Å². The number of alkyl halides is 4. The van der Waals surface area contributed by atoms with Gasteiger partial charge in [-0.25, -0.2) is 27.3 Å². The van der Waals surface area contributed by atoms with Crippen molar-refractivity contribution in [2.75, 3.05) is 11.9 Å². The molecule has 0 fully saturated rings. The smallest absolute Gasteiger partial charge is 0.411 e. The number of pyridine rings is 1. The van der Waals surface area contributed by atoms with Gasteiger partial charge in [0.2, 0.25) is 0 Å². The molecule has 130 valence electrons. The molecule has 0 unspecified atom stereocenters. The monoisotopic (exact) mass is 344 g/mol. The number of ether oxygens (including phenoxy) is 1. The van der Waals surface area contributed by atoms with Crippen LogP contribution in [0.3, 0.4) is 0 Å². The molecule has 24 heavy (non-hydrogen) atoms. The first kappa shape index (κ1) is 18.0. The lowest BCUT2D eigenvalue weighted by molar-refractivity contribution is 0.140. The molecule has 0 spiro atoms. The molecule has 0 aliphatic rings. The van der Waals surface area contributed by atoms with Crippen molar-refractivity contribution >= 4 is 22.7 Å². The number of hydrogen-bond acceptors (Lipinski definition) is 3. The number of carbonyl (C=O) groups is 1. The lowest BCUT2D eigenvalue weighted by Gasteiger charge is -2.17. The van der Waals surface area contributed by atoms with Gasteiger partial charge >= 0.3 is 6.09 Å². The van der Waals surface area contributed by atoms with E-state index in [1.807, 2.05) is 5.32 Å². The highest BCUT2D eigenvalue weighted by Gasteiger charge is 2.27. The zero-order chi connectivity index (χ0) is 17.9. The summed E-state index contributed by atoms with van der Waals surface area (Å²) in [6.07, 6.45) is -7.28. The van der Waals surface area contributed by atoms with Crippen LogP contribution in [0.2, 0.25) is 0 Å². The number of nitrogens with one attached hydrogen (secondary N) is 1. The number of benzene rings is 1. The maximum Gasteiger partial charge on any atom is 0.411 e. The Labute approximate surface area is 135 Å². The third-order valence-electron chi connectivity index (χ3n) is 3.16. The molecule has 0 radical (unpaired) electrons. The van der Waals surface area contributed by atoms with Gasteiger partial charge in [-0.05, 0) is 12.0 Å². The Balaban J connectivity index is 2.54. The summed E-state index contributed by atoms with van der Waals surface area (Å²) in [5.74, 6) is 0.00890. The number of amides is 1. The minimum atomic E-state index is -3.13. The maximum atomic E-state index is 13.5. The van der Waals surface area contributed by atoms with Gasteiger partial charge in [-0.1, -0.05) is 32.0 Å². The summed E-state index contributed by atoms with van der Waals surface area (Å²) >= 11 is 0. The SMILES string of the molecule is CC(C)COC(=O)Nc1c(C(F)F)nc2ccccc2c1C(F)F. The highest BCUT2D eigenvalue weighted by molar-refractivity contribution is 5.94. The van der Waals surface area contributed by atoms with Crippen molar-refractivity contribution < 1.29 is 27.1 Å². The third kappa shape index (κ3) is 3.93. The van der Waals surface area contributed by atoms with Crippen LogP contribution in [-0.4, -0.2) is 17.7 Å². The number of fused-ring (bicyclic) bond motifs is 1. The summed E-state index contributed by atoms with van der Waals surface area (Å²) in [4.78, 5) is 15.5. The lowest BCUT2D eigenvalue weighted by atomic mass is 10.0. The molecule has 1 N–H and O–H groups in total. The summed E-state index contributed by atoms with van der Waals surface area (Å²) in [6.45, 7) is 3.58. The van der Waals surface area contributed by atoms with Gasteiger partial charge in [0.25, 0.3) is 12.9 Å². The second-order valence-corrected chi connectivity index (χ2v) is 5.52. The number of rotatable bonds is 5. The number of anilines is 1. The molecule has 2 aromatic rings. The molecule has 0 saturated heterocycles. The summed E-state index contributed by atoms with van der Waals surface area (Å²) in [7, 11) is 0. The zero-order valence-electron chi connectivity index (χ0n) is 13.0. The minimum absolute atomic E-state index is 0.00365. The van der Waals surface area contributed by atoms with E-state index in [1.165, 1.54) is 24.3 Å². The van der Waals surface area contributed by atoms with Crippen molar-refractivity contribution in [2.24, 2.45) is 5.92 Å². The molecule has 1 aromatic carbocycles. The number of hydrogen-bond donors (Lipinski definition) is 1. The molecule has 0 aliphatic heterocycles. The van der Waals surface area contributed by atoms with E-state index in [2.05, 4.69) is 4.98 Å². The number of carbonyl (C=O) groups excluding carboxylic acids is 1. The highest BCUT2D eigenvalue weighted by atomic mass is 19.3. The number of para-hydroxylation sites is 1. The van der Waals surface area contributed by atoms with Gasteiger partial charge < -0.3 is 4.74 Å². The van der Waals surface area contributed by atoms with Crippen LogP contribution in [0.15, 0.2) is 24.3 Å². The Hall–Kier alpha value is -2.38. The minimum Gasteiger partial charge on any atom is -0.449 e. The Bertz CT molecular complexity index is 735. The number of halogens is 4. The van der Waals surface area contributed by atoms with Crippen molar-refractivity contribution in [3.05, 3.63) is 35.5 Å². The largest absolute Gasteiger partial charge is 0.449 e. The van der Waals surface area contributed by atoms with Crippen LogP contribution in [0.25, 0.3) is 10.9 Å². The summed E-state index contributed by atoms with van der Waals surface area (Å²) in [6, 6.07) is 5.68. The van der Waals surface area contributed by atoms with Gasteiger partial charge in [-0.3, -0.25) is 5.32 Å². The van der Waals surface area contributed by atoms with E-state index >= 15 is 0 Å². The fourth-order valence-electron chi connectivity index (χ4n) is 2.15. The van der Waals surface area contributed by atoms with Gasteiger partial charge in [0.1, 0.15) is 5.69 Å². The Morgan fingerprint density at radius 3 is 2.42 bits per heavy atom. The Morgan fingerprint density at radius 2 is 1.83 bits per heavy atom. The standard InChI is InChI=1S/C16H16F4N2O2/c1-8(2)7-24-16(23)22-12-11(14(17)18)9-5-3-4-6-10(9)21-13(12)15(19)20/h3-6,8,14-15H,7H2,1-2H3,(H,22,23). The van der Waals surface area contributed by atoms with Crippen LogP contribution in [0, 0.1) is 5.92 Å². The Kier molecular flexibility index (Phi) is 5.58. The molecule has 8 heteroatoms. The zero-order valence-corrected chi connectivity index (χ0v) is 13.0. The van der Waals surface area contributed by atoms with E-state index in [1.54, 1.807) is 13.8 Å². The number of nitrogens with zero attached hydrogens (tertiary/aromatic N) is 1. The van der Waals surface area contributed by atoms with Crippen LogP contribution in [0.4, 0.5) is 28.0 Å². The van der Waals surface area contributed by atoms with Crippen LogP contribution in [-0.2, 0) is 4.74 Å². The van der Waals surface area contributed by atoms with E-state index in [0.717, 1.165) is 0 Å². The second-order valence-electron chi connectivity index (χ2n) is 5.52. The summed E-state index contributed by atoms with van der Waals surface area (Å²) < 4.78 is 58.4. The van der Waals surface area contributed by atoms with Crippen molar-refractivity contribution in [1.29, 1.82) is 0 Å². The van der Waals surface area contributed by atoms with Crippen molar-refractivity contribution in [2.45, 2.75) is 26.7 Å². The van der Waals surface area contributed by atoms with E-state index in [-0.39, 0.29) is 23.4 Å². The molecule has 0 bridgehead atoms. The average molecular weight is 344 g/mol. The Morgan fingerprint density at radius 1 is 1.17 bits per heavy atom. The lowest BCUT2D eigenvalue weighted by Crippen LogP contribution is -2.19. The van der Waals surface area contributed by atoms with Gasteiger partial charge in [0.05, 0.1) is 23.4 Å². The van der Waals surface area contributed by atoms with Gasteiger partial charge in [-0.15, -0.1) is 0 Å². The van der Waals surface area contributed by atoms with E-state index < -0.39 is 35.9 Å². The highest BCUT2D eigenvalue weighted by Crippen LogP contribution is 2.39. The molecule has 0 saturated carbocycles. The van der Waals surface area contributed by atoms with Crippen LogP contribution < -0.4 is 5.32 Å². The molecule has 4 nitrogen and oxygen atoms in total. The van der Waals surface area contributed by atoms with E-state index in [0.29, 0.717) is 0 Å². The quantitative estimate of drug-likeness (QED) is 0.748. The summed E-state index contributed by atoms with van der Waals surface area (Å²) in [5, 5.41) is 2.00. The number of aromatic nitrogens is 1. The molecule has 0 aliphatic carbocycles. The molecule has 1 aromatic heterocycles. The van der Waals surface area contributed by atoms with E-state index in [9.17, 15) is 22.4 Å². The normalized spacial score (nSPS) is 11.5. The maximum absolute atomic E-state index is 13.5. The average Bonchev–Trinajstić information content (AvgIpc) is 2.51. The van der Waals surface area contributed by atoms with Gasteiger partial charge in [0, 0.05) is 5.39 Å². The van der Waals surface area contributed by atoms with Gasteiger partial charge in [-0.2, -0.15) is 0 Å². The molecule has 1 heterocycles. The molecular weight excluding hydrogens is 328 g/mol. The third-order valence-corrected chi connectivity index (χ3v) is 3.16. The van der Waals surface area contributed by atoms with Crippen LogP contribution in [0.5, 0.6) is 0 Å². The van der Waals surface area contributed by atoms with Crippen LogP contribution in [0.1, 0.15) is 38.0 Å². The van der Waals surface area contributed by atoms with Crippen molar-refractivity contribution in [1.82, 2.24) is 4.98 Å². The molecule has 0 atom stereocenters. The molecule has 1 amide bonds. The first-order valence-corrected chi connectivity index (χ1v) is 7.23. The molecule has 2 rings (SSSR count). The molecular formula is C16H16F4N2O2. The predicted molar refractivity (Wildman–Crippen MR) is 81.5 cm³/mol. The fraction of sp³-hybridized carbons (Fsp3) is 0.375.